The van der Waals surface area contributed by atoms with Gasteiger partial charge in [-0.05, 0) is 60.4 Å². The molecule has 1 amide bonds. The van der Waals surface area contributed by atoms with Crippen LogP contribution in [0.1, 0.15) is 29.9 Å². The Labute approximate surface area is 188 Å². The van der Waals surface area contributed by atoms with E-state index in [9.17, 15) is 4.79 Å². The molecule has 0 spiro atoms. The summed E-state index contributed by atoms with van der Waals surface area (Å²) >= 11 is 0. The SMILES string of the molecule is COc1ccc(-c2cccc(-c3ccccc3)c2C(=O)NC(C)(C)c2ccccn2)cc1. The maximum atomic E-state index is 13.8. The van der Waals surface area contributed by atoms with E-state index in [0.717, 1.165) is 33.7 Å². The minimum atomic E-state index is -0.640. The van der Waals surface area contributed by atoms with Crippen LogP contribution < -0.4 is 10.1 Å². The van der Waals surface area contributed by atoms with Crippen LogP contribution >= 0.6 is 0 Å². The molecule has 0 aliphatic rings. The highest BCUT2D eigenvalue weighted by molar-refractivity contribution is 6.07. The number of carbonyl (C=O) groups excluding carboxylic acids is 1. The Morgan fingerprint density at radius 2 is 1.41 bits per heavy atom. The van der Waals surface area contributed by atoms with Crippen LogP contribution in [0, 0.1) is 0 Å². The maximum Gasteiger partial charge on any atom is 0.253 e. The van der Waals surface area contributed by atoms with Crippen LogP contribution in [-0.4, -0.2) is 18.0 Å². The first-order chi connectivity index (χ1) is 15.5. The predicted molar refractivity (Wildman–Crippen MR) is 129 cm³/mol. The van der Waals surface area contributed by atoms with Gasteiger partial charge in [0.05, 0.1) is 23.9 Å². The number of nitrogens with zero attached hydrogens (tertiary/aromatic N) is 1. The summed E-state index contributed by atoms with van der Waals surface area (Å²) in [5.41, 5.74) is 4.48. The Balaban J connectivity index is 1.83. The third-order valence-electron chi connectivity index (χ3n) is 5.51. The Morgan fingerprint density at radius 3 is 2.00 bits per heavy atom. The molecule has 3 aromatic carbocycles. The molecule has 0 atom stereocenters. The summed E-state index contributed by atoms with van der Waals surface area (Å²) in [6.07, 6.45) is 1.74. The largest absolute Gasteiger partial charge is 0.497 e. The number of carbonyl (C=O) groups is 1. The van der Waals surface area contributed by atoms with Gasteiger partial charge in [0.25, 0.3) is 5.91 Å². The highest BCUT2D eigenvalue weighted by Gasteiger charge is 2.27. The van der Waals surface area contributed by atoms with Crippen molar-refractivity contribution in [2.24, 2.45) is 0 Å². The van der Waals surface area contributed by atoms with Crippen molar-refractivity contribution in [2.75, 3.05) is 7.11 Å². The molecule has 32 heavy (non-hydrogen) atoms. The fraction of sp³-hybridized carbons (Fsp3) is 0.143. The summed E-state index contributed by atoms with van der Waals surface area (Å²) < 4.78 is 5.30. The Bertz CT molecular complexity index is 1200. The Hall–Kier alpha value is -3.92. The van der Waals surface area contributed by atoms with Gasteiger partial charge in [0.2, 0.25) is 0 Å². The minimum Gasteiger partial charge on any atom is -0.497 e. The molecule has 4 heteroatoms. The molecule has 0 fully saturated rings. The second-order valence-electron chi connectivity index (χ2n) is 8.12. The maximum absolute atomic E-state index is 13.8. The molecule has 0 saturated carbocycles. The van der Waals surface area contributed by atoms with E-state index in [1.807, 2.05) is 105 Å². The molecule has 0 bridgehead atoms. The standard InChI is InChI=1S/C28H26N2O2/c1-28(2,25-14-7-8-19-29-25)30-27(31)26-23(20-10-5-4-6-11-20)12-9-13-24(26)21-15-17-22(32-3)18-16-21/h4-19H,1-3H3,(H,30,31). The number of rotatable bonds is 6. The molecule has 1 N–H and O–H groups in total. The number of methoxy groups -OCH3 is 1. The van der Waals surface area contributed by atoms with Crippen LogP contribution in [0.3, 0.4) is 0 Å². The molecule has 1 heterocycles. The number of benzene rings is 3. The molecule has 0 saturated heterocycles. The van der Waals surface area contributed by atoms with Crippen LogP contribution in [0.5, 0.6) is 5.75 Å². The van der Waals surface area contributed by atoms with Gasteiger partial charge >= 0.3 is 0 Å². The Kier molecular flexibility index (Phi) is 6.04. The fourth-order valence-corrected chi connectivity index (χ4v) is 3.81. The molecular formula is C28H26N2O2. The quantitative estimate of drug-likeness (QED) is 0.409. The number of pyridine rings is 1. The molecule has 1 aromatic heterocycles. The summed E-state index contributed by atoms with van der Waals surface area (Å²) in [6.45, 7) is 3.93. The van der Waals surface area contributed by atoms with E-state index in [2.05, 4.69) is 10.3 Å². The number of amides is 1. The first-order valence-corrected chi connectivity index (χ1v) is 10.6. The number of ether oxygens (including phenoxy) is 1. The van der Waals surface area contributed by atoms with E-state index in [-0.39, 0.29) is 5.91 Å². The van der Waals surface area contributed by atoms with Crippen molar-refractivity contribution in [2.45, 2.75) is 19.4 Å². The molecular weight excluding hydrogens is 396 g/mol. The van der Waals surface area contributed by atoms with Gasteiger partial charge in [-0.15, -0.1) is 0 Å². The van der Waals surface area contributed by atoms with E-state index < -0.39 is 5.54 Å². The zero-order valence-corrected chi connectivity index (χ0v) is 18.5. The second kappa shape index (κ2) is 9.06. The monoisotopic (exact) mass is 422 g/mol. The van der Waals surface area contributed by atoms with Gasteiger partial charge in [-0.1, -0.05) is 66.7 Å². The topological polar surface area (TPSA) is 51.2 Å². The molecule has 4 aromatic rings. The van der Waals surface area contributed by atoms with Gasteiger partial charge in [0.1, 0.15) is 5.75 Å². The van der Waals surface area contributed by atoms with Crippen molar-refractivity contribution in [1.29, 1.82) is 0 Å². The average Bonchev–Trinajstić information content (AvgIpc) is 2.84. The summed E-state index contributed by atoms with van der Waals surface area (Å²) in [4.78, 5) is 18.2. The molecule has 4 rings (SSSR count). The van der Waals surface area contributed by atoms with Crippen molar-refractivity contribution < 1.29 is 9.53 Å². The fourth-order valence-electron chi connectivity index (χ4n) is 3.81. The molecule has 0 aliphatic carbocycles. The van der Waals surface area contributed by atoms with Crippen LogP contribution in [-0.2, 0) is 5.54 Å². The second-order valence-corrected chi connectivity index (χ2v) is 8.12. The van der Waals surface area contributed by atoms with Crippen LogP contribution in [0.2, 0.25) is 0 Å². The lowest BCUT2D eigenvalue weighted by Crippen LogP contribution is -2.42. The van der Waals surface area contributed by atoms with Crippen molar-refractivity contribution in [3.63, 3.8) is 0 Å². The molecule has 0 radical (unpaired) electrons. The molecule has 0 unspecified atom stereocenters. The summed E-state index contributed by atoms with van der Waals surface area (Å²) in [7, 11) is 1.64. The van der Waals surface area contributed by atoms with E-state index in [1.165, 1.54) is 0 Å². The van der Waals surface area contributed by atoms with Gasteiger partial charge in [0, 0.05) is 6.20 Å². The molecule has 160 valence electrons. The van der Waals surface area contributed by atoms with Crippen LogP contribution in [0.4, 0.5) is 0 Å². The lowest BCUT2D eigenvalue weighted by atomic mass is 9.90. The van der Waals surface area contributed by atoms with E-state index in [4.69, 9.17) is 4.74 Å². The average molecular weight is 423 g/mol. The summed E-state index contributed by atoms with van der Waals surface area (Å²) in [5.74, 6) is 0.626. The smallest absolute Gasteiger partial charge is 0.253 e. The number of nitrogens with one attached hydrogen (secondary N) is 1. The van der Waals surface area contributed by atoms with Gasteiger partial charge in [-0.25, -0.2) is 0 Å². The Morgan fingerprint density at radius 1 is 0.781 bits per heavy atom. The first kappa shape index (κ1) is 21.3. The highest BCUT2D eigenvalue weighted by Crippen LogP contribution is 2.34. The lowest BCUT2D eigenvalue weighted by Gasteiger charge is -2.27. The van der Waals surface area contributed by atoms with E-state index >= 15 is 0 Å². The van der Waals surface area contributed by atoms with Crippen LogP contribution in [0.25, 0.3) is 22.3 Å². The third kappa shape index (κ3) is 4.40. The normalized spacial score (nSPS) is 11.1. The summed E-state index contributed by atoms with van der Waals surface area (Å²) in [6, 6.07) is 29.4. The molecule has 0 aliphatic heterocycles. The number of hydrogen-bond donors (Lipinski definition) is 1. The minimum absolute atomic E-state index is 0.147. The summed E-state index contributed by atoms with van der Waals surface area (Å²) in [5, 5.41) is 3.21. The van der Waals surface area contributed by atoms with Crippen LogP contribution in [0.15, 0.2) is 97.2 Å². The van der Waals surface area contributed by atoms with Crippen molar-refractivity contribution >= 4 is 5.91 Å². The van der Waals surface area contributed by atoms with Crippen molar-refractivity contribution in [3.8, 4) is 28.0 Å². The van der Waals surface area contributed by atoms with Gasteiger partial charge < -0.3 is 10.1 Å². The van der Waals surface area contributed by atoms with Gasteiger partial charge in [-0.3, -0.25) is 9.78 Å². The zero-order chi connectivity index (χ0) is 22.6. The number of hydrogen-bond acceptors (Lipinski definition) is 3. The highest BCUT2D eigenvalue weighted by atomic mass is 16.5. The molecule has 4 nitrogen and oxygen atoms in total. The van der Waals surface area contributed by atoms with Crippen molar-refractivity contribution in [3.05, 3.63) is 108 Å². The number of aromatic nitrogens is 1. The predicted octanol–water partition coefficient (Wildman–Crippen LogP) is 6.09. The van der Waals surface area contributed by atoms with Crippen molar-refractivity contribution in [1.82, 2.24) is 10.3 Å². The van der Waals surface area contributed by atoms with E-state index in [1.54, 1.807) is 13.3 Å². The van der Waals surface area contributed by atoms with Gasteiger partial charge in [-0.2, -0.15) is 0 Å². The first-order valence-electron chi connectivity index (χ1n) is 10.6. The van der Waals surface area contributed by atoms with Gasteiger partial charge in [0.15, 0.2) is 0 Å². The lowest BCUT2D eigenvalue weighted by molar-refractivity contribution is 0.0911. The third-order valence-corrected chi connectivity index (χ3v) is 5.51. The zero-order valence-electron chi connectivity index (χ0n) is 18.5. The van der Waals surface area contributed by atoms with E-state index in [0.29, 0.717) is 5.56 Å².